The molecule has 3 N–H and O–H groups in total. The van der Waals surface area contributed by atoms with Crippen LogP contribution < -0.4 is 29.7 Å². The maximum atomic E-state index is 12.9. The van der Waals surface area contributed by atoms with Crippen LogP contribution in [0.1, 0.15) is 13.8 Å². The summed E-state index contributed by atoms with van der Waals surface area (Å²) in [5.41, 5.74) is 1.92. The number of hydrogen-bond donors (Lipinski definition) is 3. The number of morpholine rings is 1. The van der Waals surface area contributed by atoms with Gasteiger partial charge in [-0.1, -0.05) is 12.1 Å². The van der Waals surface area contributed by atoms with Gasteiger partial charge in [0.2, 0.25) is 16.0 Å². The van der Waals surface area contributed by atoms with Gasteiger partial charge in [-0.25, -0.2) is 18.1 Å². The van der Waals surface area contributed by atoms with Crippen molar-refractivity contribution in [2.75, 3.05) is 56.1 Å². The van der Waals surface area contributed by atoms with Gasteiger partial charge < -0.3 is 29.7 Å². The topological polar surface area (TPSA) is 127 Å². The van der Waals surface area contributed by atoms with Crippen molar-refractivity contribution in [1.82, 2.24) is 14.7 Å². The molecule has 0 amide bonds. The number of halogens is 1. The van der Waals surface area contributed by atoms with Crippen LogP contribution in [0.4, 0.5) is 28.8 Å². The molecule has 0 bridgehead atoms. The van der Waals surface area contributed by atoms with Crippen molar-refractivity contribution in [3.05, 3.63) is 47.1 Å². The van der Waals surface area contributed by atoms with E-state index in [2.05, 4.69) is 46.2 Å². The number of sulfonamides is 1. The van der Waals surface area contributed by atoms with Crippen LogP contribution in [0.15, 0.2) is 52.0 Å². The van der Waals surface area contributed by atoms with Crippen molar-refractivity contribution in [2.45, 2.75) is 24.8 Å². The largest absolute Gasteiger partial charge is 0.494 e. The molecule has 38 heavy (non-hydrogen) atoms. The van der Waals surface area contributed by atoms with Crippen LogP contribution in [-0.2, 0) is 14.8 Å². The third-order valence-corrected chi connectivity index (χ3v) is 7.96. The molecule has 3 aromatic rings. The van der Waals surface area contributed by atoms with E-state index in [0.717, 1.165) is 18.8 Å². The molecule has 1 aliphatic rings. The Labute approximate surface area is 231 Å². The lowest BCUT2D eigenvalue weighted by atomic mass is 10.2. The Bertz CT molecular complexity index is 1380. The van der Waals surface area contributed by atoms with Crippen LogP contribution in [0.3, 0.4) is 0 Å². The van der Waals surface area contributed by atoms with Gasteiger partial charge in [0.25, 0.3) is 0 Å². The first-order valence-corrected chi connectivity index (χ1v) is 14.3. The first-order valence-electron chi connectivity index (χ1n) is 12.0. The first kappa shape index (κ1) is 27.9. The monoisotopic (exact) mass is 606 g/mol. The SMILES string of the molecule is COc1cc(OC)c(N2CCOCC2)cc1Nc1ncc(Br)c(Nc2ccccc2S(=O)(=O)NC(C)C)n1. The second kappa shape index (κ2) is 12.2. The van der Waals surface area contributed by atoms with E-state index in [1.807, 2.05) is 12.1 Å². The molecular formula is C25H31BrN6O5S. The lowest BCUT2D eigenvalue weighted by Crippen LogP contribution is -2.36. The zero-order chi connectivity index (χ0) is 27.3. The fourth-order valence-electron chi connectivity index (χ4n) is 3.97. The van der Waals surface area contributed by atoms with E-state index in [1.54, 1.807) is 52.5 Å². The molecular weight excluding hydrogens is 576 g/mol. The quantitative estimate of drug-likeness (QED) is 0.308. The van der Waals surface area contributed by atoms with Crippen molar-refractivity contribution in [3.8, 4) is 11.5 Å². The Kier molecular flexibility index (Phi) is 8.92. The molecule has 0 atom stereocenters. The number of para-hydroxylation sites is 1. The van der Waals surface area contributed by atoms with E-state index < -0.39 is 10.0 Å². The van der Waals surface area contributed by atoms with Gasteiger partial charge in [-0.2, -0.15) is 4.98 Å². The molecule has 2 heterocycles. The Morgan fingerprint density at radius 2 is 1.74 bits per heavy atom. The Morgan fingerprint density at radius 1 is 1.03 bits per heavy atom. The number of nitrogens with one attached hydrogen (secondary N) is 3. The minimum absolute atomic E-state index is 0.112. The second-order valence-corrected chi connectivity index (χ2v) is 11.3. The van der Waals surface area contributed by atoms with Gasteiger partial charge in [-0.05, 0) is 48.0 Å². The number of hydrogen-bond acceptors (Lipinski definition) is 10. The van der Waals surface area contributed by atoms with Crippen LogP contribution in [0.5, 0.6) is 11.5 Å². The Balaban J connectivity index is 1.66. The predicted octanol–water partition coefficient (Wildman–Crippen LogP) is 4.27. The standard InChI is InChI=1S/C25H31BrN6O5S/c1-16(2)31-38(33,34)23-8-6-5-7-18(23)28-24-17(26)15-27-25(30-24)29-19-13-20(32-9-11-37-12-10-32)22(36-4)14-21(19)35-3/h5-8,13-16,31H,9-12H2,1-4H3,(H2,27,28,29,30). The van der Waals surface area contributed by atoms with E-state index in [0.29, 0.717) is 46.4 Å². The molecule has 204 valence electrons. The average Bonchev–Trinajstić information content (AvgIpc) is 2.90. The fourth-order valence-corrected chi connectivity index (χ4v) is 5.68. The molecule has 13 heteroatoms. The van der Waals surface area contributed by atoms with Crippen molar-refractivity contribution in [1.29, 1.82) is 0 Å². The minimum Gasteiger partial charge on any atom is -0.494 e. The van der Waals surface area contributed by atoms with Gasteiger partial charge >= 0.3 is 0 Å². The summed E-state index contributed by atoms with van der Waals surface area (Å²) >= 11 is 3.46. The summed E-state index contributed by atoms with van der Waals surface area (Å²) in [6.07, 6.45) is 1.58. The summed E-state index contributed by atoms with van der Waals surface area (Å²) in [4.78, 5) is 11.3. The number of anilines is 5. The molecule has 0 unspecified atom stereocenters. The Hall–Kier alpha value is -3.13. The van der Waals surface area contributed by atoms with Crippen LogP contribution in [0.2, 0.25) is 0 Å². The molecule has 0 radical (unpaired) electrons. The highest BCUT2D eigenvalue weighted by molar-refractivity contribution is 9.10. The second-order valence-electron chi connectivity index (χ2n) is 8.74. The highest BCUT2D eigenvalue weighted by Gasteiger charge is 2.22. The average molecular weight is 608 g/mol. The van der Waals surface area contributed by atoms with E-state index in [1.165, 1.54) is 6.07 Å². The minimum atomic E-state index is -3.74. The van der Waals surface area contributed by atoms with E-state index in [4.69, 9.17) is 14.2 Å². The van der Waals surface area contributed by atoms with Crippen LogP contribution in [-0.4, -0.2) is 65.0 Å². The zero-order valence-corrected chi connectivity index (χ0v) is 24.0. The third kappa shape index (κ3) is 6.46. The molecule has 0 saturated carbocycles. The van der Waals surface area contributed by atoms with Crippen LogP contribution in [0.25, 0.3) is 0 Å². The summed E-state index contributed by atoms with van der Waals surface area (Å²) in [5, 5.41) is 6.35. The number of rotatable bonds is 10. The smallest absolute Gasteiger partial charge is 0.242 e. The van der Waals surface area contributed by atoms with Gasteiger partial charge in [0, 0.05) is 31.4 Å². The number of methoxy groups -OCH3 is 2. The van der Waals surface area contributed by atoms with Gasteiger partial charge in [0.1, 0.15) is 22.2 Å². The molecule has 1 aromatic heterocycles. The highest BCUT2D eigenvalue weighted by Crippen LogP contribution is 2.40. The molecule has 1 aliphatic heterocycles. The van der Waals surface area contributed by atoms with Crippen molar-refractivity contribution in [3.63, 3.8) is 0 Å². The molecule has 11 nitrogen and oxygen atoms in total. The zero-order valence-electron chi connectivity index (χ0n) is 21.6. The van der Waals surface area contributed by atoms with Gasteiger partial charge in [-0.15, -0.1) is 0 Å². The number of ether oxygens (including phenoxy) is 3. The van der Waals surface area contributed by atoms with Crippen LogP contribution >= 0.6 is 15.9 Å². The van der Waals surface area contributed by atoms with Gasteiger partial charge in [0.15, 0.2) is 0 Å². The molecule has 1 fully saturated rings. The van der Waals surface area contributed by atoms with Gasteiger partial charge in [-0.3, -0.25) is 0 Å². The molecule has 0 spiro atoms. The van der Waals surface area contributed by atoms with E-state index in [-0.39, 0.29) is 16.9 Å². The molecule has 0 aliphatic carbocycles. The van der Waals surface area contributed by atoms with Crippen molar-refractivity contribution >= 4 is 54.8 Å². The number of benzene rings is 2. The predicted molar refractivity (Wildman–Crippen MR) is 151 cm³/mol. The lowest BCUT2D eigenvalue weighted by molar-refractivity contribution is 0.122. The molecule has 2 aromatic carbocycles. The maximum absolute atomic E-state index is 12.9. The fraction of sp³-hybridized carbons (Fsp3) is 0.360. The van der Waals surface area contributed by atoms with E-state index >= 15 is 0 Å². The summed E-state index contributed by atoms with van der Waals surface area (Å²) < 4.78 is 45.7. The molecule has 1 saturated heterocycles. The van der Waals surface area contributed by atoms with Gasteiger partial charge in [0.05, 0.1) is 49.0 Å². The number of nitrogens with zero attached hydrogens (tertiary/aromatic N) is 3. The molecule has 4 rings (SSSR count). The normalized spacial score (nSPS) is 13.9. The maximum Gasteiger partial charge on any atom is 0.242 e. The van der Waals surface area contributed by atoms with Crippen molar-refractivity contribution < 1.29 is 22.6 Å². The van der Waals surface area contributed by atoms with E-state index in [9.17, 15) is 8.42 Å². The lowest BCUT2D eigenvalue weighted by Gasteiger charge is -2.30. The van der Waals surface area contributed by atoms with Crippen molar-refractivity contribution in [2.24, 2.45) is 0 Å². The Morgan fingerprint density at radius 3 is 2.42 bits per heavy atom. The summed E-state index contributed by atoms with van der Waals surface area (Å²) in [5.74, 6) is 1.90. The number of aromatic nitrogens is 2. The third-order valence-electron chi connectivity index (χ3n) is 5.66. The highest BCUT2D eigenvalue weighted by atomic mass is 79.9. The van der Waals surface area contributed by atoms with Crippen LogP contribution in [0, 0.1) is 0 Å². The first-order chi connectivity index (χ1) is 18.2. The summed E-state index contributed by atoms with van der Waals surface area (Å²) in [6.45, 7) is 6.27. The summed E-state index contributed by atoms with van der Waals surface area (Å²) in [7, 11) is -0.545. The summed E-state index contributed by atoms with van der Waals surface area (Å²) in [6, 6.07) is 10.1.